The maximum absolute atomic E-state index is 10.4. The van der Waals surface area contributed by atoms with Gasteiger partial charge in [0.15, 0.2) is 0 Å². The van der Waals surface area contributed by atoms with Gasteiger partial charge in [0.2, 0.25) is 5.56 Å². The van der Waals surface area contributed by atoms with Crippen molar-refractivity contribution in [2.24, 2.45) is 0 Å². The zero-order chi connectivity index (χ0) is 6.69. The van der Waals surface area contributed by atoms with Gasteiger partial charge in [0, 0.05) is 12.3 Å². The second-order valence-corrected chi connectivity index (χ2v) is 1.78. The molecule has 2 N–H and O–H groups in total. The van der Waals surface area contributed by atoms with Crippen LogP contribution in [0.1, 0.15) is 0 Å². The standard InChI is InChI=1S/C5H6N2OS/c8-5-2-1-4(7-9)3-6-5/h1-3,7,9H,(H,6,8). The quantitative estimate of drug-likeness (QED) is 0.504. The summed E-state index contributed by atoms with van der Waals surface area (Å²) in [5.41, 5.74) is 0.667. The van der Waals surface area contributed by atoms with Crippen molar-refractivity contribution < 1.29 is 0 Å². The van der Waals surface area contributed by atoms with Gasteiger partial charge in [-0.1, -0.05) is 12.8 Å². The summed E-state index contributed by atoms with van der Waals surface area (Å²) in [6.07, 6.45) is 1.55. The van der Waals surface area contributed by atoms with Crippen molar-refractivity contribution in [2.45, 2.75) is 0 Å². The van der Waals surface area contributed by atoms with Gasteiger partial charge in [-0.25, -0.2) is 0 Å². The predicted molar refractivity (Wildman–Crippen MR) is 39.7 cm³/mol. The minimum Gasteiger partial charge on any atom is -0.331 e. The molecule has 0 saturated heterocycles. The van der Waals surface area contributed by atoms with E-state index in [0.717, 1.165) is 5.69 Å². The molecule has 0 unspecified atom stereocenters. The van der Waals surface area contributed by atoms with Gasteiger partial charge < -0.3 is 9.71 Å². The molecule has 48 valence electrons. The number of aromatic nitrogens is 1. The molecule has 4 heteroatoms. The zero-order valence-corrected chi connectivity index (χ0v) is 5.48. The summed E-state index contributed by atoms with van der Waals surface area (Å²) in [5.74, 6) is 0. The molecule has 3 nitrogen and oxygen atoms in total. The highest BCUT2D eigenvalue weighted by Gasteiger charge is 1.83. The van der Waals surface area contributed by atoms with Crippen LogP contribution in [0.4, 0.5) is 5.69 Å². The largest absolute Gasteiger partial charge is 0.331 e. The molecule has 9 heavy (non-hydrogen) atoms. The van der Waals surface area contributed by atoms with Crippen LogP contribution < -0.4 is 10.3 Å². The normalized spacial score (nSPS) is 9.00. The van der Waals surface area contributed by atoms with E-state index in [1.165, 1.54) is 6.07 Å². The van der Waals surface area contributed by atoms with Gasteiger partial charge in [0.05, 0.1) is 5.69 Å². The lowest BCUT2D eigenvalue weighted by molar-refractivity contribution is 1.24. The Labute approximate surface area is 57.7 Å². The van der Waals surface area contributed by atoms with E-state index in [1.807, 2.05) is 0 Å². The molecule has 0 aliphatic rings. The van der Waals surface area contributed by atoms with Gasteiger partial charge in [-0.05, 0) is 6.07 Å². The first-order chi connectivity index (χ1) is 4.33. The van der Waals surface area contributed by atoms with E-state index in [4.69, 9.17) is 0 Å². The highest BCUT2D eigenvalue weighted by atomic mass is 32.1. The molecular formula is C5H6N2OS. The maximum Gasteiger partial charge on any atom is 0.248 e. The molecular weight excluding hydrogens is 136 g/mol. The van der Waals surface area contributed by atoms with E-state index >= 15 is 0 Å². The van der Waals surface area contributed by atoms with E-state index in [9.17, 15) is 4.79 Å². The van der Waals surface area contributed by atoms with Crippen molar-refractivity contribution in [3.8, 4) is 0 Å². The van der Waals surface area contributed by atoms with E-state index in [-0.39, 0.29) is 5.56 Å². The Hall–Kier alpha value is -0.900. The number of aromatic amines is 1. The summed E-state index contributed by atoms with van der Waals surface area (Å²) < 4.78 is 2.58. The van der Waals surface area contributed by atoms with Gasteiger partial charge in [-0.2, -0.15) is 0 Å². The minimum atomic E-state index is -0.109. The Kier molecular flexibility index (Phi) is 1.79. The predicted octanol–water partition coefficient (Wildman–Crippen LogP) is 0.632. The average Bonchev–Trinajstić information content (AvgIpc) is 1.90. The fraction of sp³-hybridized carbons (Fsp3) is 0. The lowest BCUT2D eigenvalue weighted by Gasteiger charge is -1.93. The van der Waals surface area contributed by atoms with Crippen molar-refractivity contribution in [1.82, 2.24) is 4.98 Å². The molecule has 1 heterocycles. The summed E-state index contributed by atoms with van der Waals surface area (Å²) in [5, 5.41) is 0. The molecule has 0 amide bonds. The summed E-state index contributed by atoms with van der Waals surface area (Å²) in [7, 11) is 0. The van der Waals surface area contributed by atoms with Crippen LogP contribution in [-0.4, -0.2) is 4.98 Å². The van der Waals surface area contributed by atoms with Crippen molar-refractivity contribution >= 4 is 18.5 Å². The fourth-order valence-corrected chi connectivity index (χ4v) is 0.619. The number of pyridine rings is 1. The number of rotatable bonds is 1. The average molecular weight is 142 g/mol. The monoisotopic (exact) mass is 142 g/mol. The third kappa shape index (κ3) is 1.50. The number of hydrogen-bond acceptors (Lipinski definition) is 3. The second-order valence-electron chi connectivity index (χ2n) is 1.55. The molecule has 0 aliphatic carbocycles. The van der Waals surface area contributed by atoms with Crippen LogP contribution in [0.5, 0.6) is 0 Å². The lowest BCUT2D eigenvalue weighted by atomic mass is 10.4. The Bertz CT molecular complexity index is 224. The topological polar surface area (TPSA) is 44.9 Å². The van der Waals surface area contributed by atoms with Crippen molar-refractivity contribution in [3.63, 3.8) is 0 Å². The van der Waals surface area contributed by atoms with E-state index < -0.39 is 0 Å². The fourth-order valence-electron chi connectivity index (χ4n) is 0.480. The molecule has 0 atom stereocenters. The second kappa shape index (κ2) is 2.59. The van der Waals surface area contributed by atoms with Crippen LogP contribution in [-0.2, 0) is 0 Å². The summed E-state index contributed by atoms with van der Waals surface area (Å²) in [6, 6.07) is 3.07. The maximum atomic E-state index is 10.4. The van der Waals surface area contributed by atoms with Crippen molar-refractivity contribution in [2.75, 3.05) is 4.72 Å². The summed E-state index contributed by atoms with van der Waals surface area (Å²) in [4.78, 5) is 12.9. The molecule has 0 radical (unpaired) electrons. The van der Waals surface area contributed by atoms with Gasteiger partial charge in [-0.15, -0.1) is 0 Å². The van der Waals surface area contributed by atoms with Gasteiger partial charge in [-0.3, -0.25) is 4.79 Å². The molecule has 0 bridgehead atoms. The van der Waals surface area contributed by atoms with Gasteiger partial charge >= 0.3 is 0 Å². The lowest BCUT2D eigenvalue weighted by Crippen LogP contribution is -2.01. The Morgan fingerprint density at radius 2 is 2.33 bits per heavy atom. The third-order valence-corrected chi connectivity index (χ3v) is 1.17. The number of anilines is 1. The van der Waals surface area contributed by atoms with Crippen LogP contribution in [0.15, 0.2) is 23.1 Å². The van der Waals surface area contributed by atoms with Gasteiger partial charge in [0.25, 0.3) is 0 Å². The third-order valence-electron chi connectivity index (χ3n) is 0.913. The highest BCUT2D eigenvalue weighted by Crippen LogP contribution is 1.99. The molecule has 0 aliphatic heterocycles. The number of H-pyrrole nitrogens is 1. The molecule has 1 rings (SSSR count). The number of hydrogen-bond donors (Lipinski definition) is 3. The molecule has 0 aromatic carbocycles. The van der Waals surface area contributed by atoms with E-state index in [0.29, 0.717) is 0 Å². The first-order valence-corrected chi connectivity index (χ1v) is 2.86. The van der Waals surface area contributed by atoms with Crippen molar-refractivity contribution in [1.29, 1.82) is 0 Å². The summed E-state index contributed by atoms with van der Waals surface area (Å²) >= 11 is 3.77. The van der Waals surface area contributed by atoms with Crippen LogP contribution in [0.3, 0.4) is 0 Å². The van der Waals surface area contributed by atoms with Crippen molar-refractivity contribution in [3.05, 3.63) is 28.7 Å². The number of thiol groups is 1. The van der Waals surface area contributed by atoms with Crippen LogP contribution in [0.2, 0.25) is 0 Å². The molecule has 0 spiro atoms. The minimum absolute atomic E-state index is 0.109. The van der Waals surface area contributed by atoms with E-state index in [1.54, 1.807) is 12.3 Å². The molecule has 1 aromatic heterocycles. The molecule has 1 aromatic rings. The summed E-state index contributed by atoms with van der Waals surface area (Å²) in [6.45, 7) is 0. The van der Waals surface area contributed by atoms with Gasteiger partial charge in [0.1, 0.15) is 0 Å². The SMILES string of the molecule is O=c1ccc(NS)c[nH]1. The zero-order valence-electron chi connectivity index (χ0n) is 4.59. The smallest absolute Gasteiger partial charge is 0.248 e. The van der Waals surface area contributed by atoms with Crippen LogP contribution >= 0.6 is 12.8 Å². The number of nitrogens with one attached hydrogen (secondary N) is 2. The Morgan fingerprint density at radius 3 is 2.78 bits per heavy atom. The molecule has 0 saturated carbocycles. The first kappa shape index (κ1) is 6.22. The van der Waals surface area contributed by atoms with Crippen LogP contribution in [0.25, 0.3) is 0 Å². The van der Waals surface area contributed by atoms with E-state index in [2.05, 4.69) is 22.5 Å². The molecule has 0 fully saturated rings. The Morgan fingerprint density at radius 1 is 1.56 bits per heavy atom. The highest BCUT2D eigenvalue weighted by molar-refractivity contribution is 7.81. The first-order valence-electron chi connectivity index (χ1n) is 2.42. The Balaban J connectivity index is 3.02. The van der Waals surface area contributed by atoms with Crippen LogP contribution in [0, 0.1) is 0 Å².